The maximum absolute atomic E-state index is 11.0. The van der Waals surface area contributed by atoms with Crippen molar-refractivity contribution in [1.29, 1.82) is 0 Å². The second kappa shape index (κ2) is 9.03. The topological polar surface area (TPSA) is 78.2 Å². The van der Waals surface area contributed by atoms with Crippen LogP contribution in [0.25, 0.3) is 22.4 Å². The average molecular weight is 390 g/mol. The number of amides is 1. The highest BCUT2D eigenvalue weighted by Crippen LogP contribution is 2.26. The zero-order valence-corrected chi connectivity index (χ0v) is 16.6. The van der Waals surface area contributed by atoms with Gasteiger partial charge in [-0.25, -0.2) is 0 Å². The fourth-order valence-electron chi connectivity index (χ4n) is 3.82. The molecule has 1 fully saturated rings. The third kappa shape index (κ3) is 4.91. The zero-order valence-electron chi connectivity index (χ0n) is 16.6. The van der Waals surface area contributed by atoms with Gasteiger partial charge < -0.3 is 10.6 Å². The Hall–Kier alpha value is -2.96. The zero-order chi connectivity index (χ0) is 20.1. The summed E-state index contributed by atoms with van der Waals surface area (Å²) in [4.78, 5) is 15.7. The van der Waals surface area contributed by atoms with Gasteiger partial charge >= 0.3 is 0 Å². The Kier molecular flexibility index (Phi) is 6.03. The van der Waals surface area contributed by atoms with E-state index in [0.29, 0.717) is 6.42 Å². The number of nitrogens with zero attached hydrogens (tertiary/aromatic N) is 3. The van der Waals surface area contributed by atoms with E-state index in [-0.39, 0.29) is 5.91 Å². The number of H-pyrrole nitrogens is 1. The third-order valence-corrected chi connectivity index (χ3v) is 5.53. The fraction of sp³-hybridized carbons (Fsp3) is 0.304. The minimum Gasteiger partial charge on any atom is -0.370 e. The number of hydrogen-bond acceptors (Lipinski definition) is 4. The van der Waals surface area contributed by atoms with Gasteiger partial charge in [-0.2, -0.15) is 5.10 Å². The van der Waals surface area contributed by atoms with Crippen LogP contribution in [0.2, 0.25) is 0 Å². The standard InChI is InChI=1S/C23H27N5O/c24-22(29)10-11-27-12-14-28(15-13-27)17-21-16-25-26-23(21)20-8-6-19(7-9-20)18-4-2-1-3-5-18/h1-9,16H,10-15,17H2,(H2,24,29)(H,25,26). The van der Waals surface area contributed by atoms with E-state index in [1.807, 2.05) is 12.3 Å². The van der Waals surface area contributed by atoms with E-state index in [2.05, 4.69) is 68.5 Å². The number of carbonyl (C=O) groups excluding carboxylic acids is 1. The van der Waals surface area contributed by atoms with E-state index in [1.165, 1.54) is 16.7 Å². The minimum atomic E-state index is -0.228. The van der Waals surface area contributed by atoms with Gasteiger partial charge in [0.05, 0.1) is 11.9 Å². The summed E-state index contributed by atoms with van der Waals surface area (Å²) in [6.45, 7) is 5.52. The van der Waals surface area contributed by atoms with Crippen molar-refractivity contribution < 1.29 is 4.79 Å². The van der Waals surface area contributed by atoms with E-state index in [9.17, 15) is 4.79 Å². The number of nitrogens with two attached hydrogens (primary N) is 1. The number of carbonyl (C=O) groups is 1. The van der Waals surface area contributed by atoms with Crippen molar-refractivity contribution in [2.24, 2.45) is 5.73 Å². The Labute approximate surface area is 171 Å². The van der Waals surface area contributed by atoms with Crippen LogP contribution in [-0.2, 0) is 11.3 Å². The number of nitrogens with one attached hydrogen (secondary N) is 1. The highest BCUT2D eigenvalue weighted by atomic mass is 16.1. The summed E-state index contributed by atoms with van der Waals surface area (Å²) < 4.78 is 0. The molecule has 1 aromatic heterocycles. The van der Waals surface area contributed by atoms with Crippen LogP contribution in [0.15, 0.2) is 60.8 Å². The maximum atomic E-state index is 11.0. The largest absolute Gasteiger partial charge is 0.370 e. The smallest absolute Gasteiger partial charge is 0.218 e. The number of primary amides is 1. The molecule has 0 spiro atoms. The number of rotatable bonds is 7. The molecule has 0 atom stereocenters. The first-order valence-corrected chi connectivity index (χ1v) is 10.1. The van der Waals surface area contributed by atoms with E-state index in [0.717, 1.165) is 50.5 Å². The molecule has 0 saturated carbocycles. The Balaban J connectivity index is 1.39. The molecule has 0 bridgehead atoms. The lowest BCUT2D eigenvalue weighted by Gasteiger charge is -2.34. The van der Waals surface area contributed by atoms with Gasteiger partial charge in [0.1, 0.15) is 0 Å². The molecule has 3 aromatic rings. The van der Waals surface area contributed by atoms with Crippen molar-refractivity contribution in [2.45, 2.75) is 13.0 Å². The number of aromatic amines is 1. The lowest BCUT2D eigenvalue weighted by molar-refractivity contribution is -0.118. The molecular formula is C23H27N5O. The second-order valence-corrected chi connectivity index (χ2v) is 7.55. The molecule has 6 heteroatoms. The predicted molar refractivity (Wildman–Crippen MR) is 115 cm³/mol. The molecule has 150 valence electrons. The fourth-order valence-corrected chi connectivity index (χ4v) is 3.82. The molecular weight excluding hydrogens is 362 g/mol. The van der Waals surface area contributed by atoms with E-state index in [4.69, 9.17) is 5.73 Å². The molecule has 2 heterocycles. The van der Waals surface area contributed by atoms with Crippen LogP contribution in [-0.4, -0.2) is 58.6 Å². The molecule has 1 saturated heterocycles. The SMILES string of the molecule is NC(=O)CCN1CCN(Cc2cn[nH]c2-c2ccc(-c3ccccc3)cc2)CC1. The van der Waals surface area contributed by atoms with E-state index < -0.39 is 0 Å². The first-order chi connectivity index (χ1) is 14.2. The lowest BCUT2D eigenvalue weighted by Crippen LogP contribution is -2.46. The molecule has 1 aliphatic heterocycles. The Morgan fingerprint density at radius 3 is 2.21 bits per heavy atom. The van der Waals surface area contributed by atoms with Gasteiger partial charge in [-0.3, -0.25) is 14.8 Å². The molecule has 4 rings (SSSR count). The number of piperazine rings is 1. The molecule has 6 nitrogen and oxygen atoms in total. The molecule has 1 aliphatic rings. The lowest BCUT2D eigenvalue weighted by atomic mass is 10.0. The molecule has 0 unspecified atom stereocenters. The highest BCUT2D eigenvalue weighted by molar-refractivity contribution is 5.73. The summed E-state index contributed by atoms with van der Waals surface area (Å²) in [5.41, 5.74) is 11.1. The number of hydrogen-bond donors (Lipinski definition) is 2. The van der Waals surface area contributed by atoms with Gasteiger partial charge in [-0.1, -0.05) is 54.6 Å². The van der Waals surface area contributed by atoms with Crippen LogP contribution in [0.4, 0.5) is 0 Å². The molecule has 3 N–H and O–H groups in total. The van der Waals surface area contributed by atoms with Crippen LogP contribution in [0, 0.1) is 0 Å². The second-order valence-electron chi connectivity index (χ2n) is 7.55. The van der Waals surface area contributed by atoms with Crippen molar-refractivity contribution in [3.63, 3.8) is 0 Å². The summed E-state index contributed by atoms with van der Waals surface area (Å²) in [5, 5.41) is 7.47. The average Bonchev–Trinajstić information content (AvgIpc) is 3.22. The summed E-state index contributed by atoms with van der Waals surface area (Å²) in [6.07, 6.45) is 2.37. The quantitative estimate of drug-likeness (QED) is 0.651. The first-order valence-electron chi connectivity index (χ1n) is 10.1. The van der Waals surface area contributed by atoms with Gasteiger partial charge in [0.2, 0.25) is 5.91 Å². The molecule has 0 aliphatic carbocycles. The van der Waals surface area contributed by atoms with Gasteiger partial charge in [0.25, 0.3) is 0 Å². The van der Waals surface area contributed by atoms with Crippen molar-refractivity contribution in [3.8, 4) is 22.4 Å². The van der Waals surface area contributed by atoms with Crippen LogP contribution in [0.1, 0.15) is 12.0 Å². The molecule has 29 heavy (non-hydrogen) atoms. The van der Waals surface area contributed by atoms with Crippen molar-refractivity contribution in [1.82, 2.24) is 20.0 Å². The summed E-state index contributed by atoms with van der Waals surface area (Å²) in [5.74, 6) is -0.228. The predicted octanol–water partition coefficient (Wildman–Crippen LogP) is 2.74. The summed E-state index contributed by atoms with van der Waals surface area (Å²) >= 11 is 0. The number of benzene rings is 2. The Morgan fingerprint density at radius 2 is 1.52 bits per heavy atom. The van der Waals surface area contributed by atoms with Crippen molar-refractivity contribution in [2.75, 3.05) is 32.7 Å². The van der Waals surface area contributed by atoms with Gasteiger partial charge in [-0.15, -0.1) is 0 Å². The molecule has 1 amide bonds. The van der Waals surface area contributed by atoms with Gasteiger partial charge in [0.15, 0.2) is 0 Å². The van der Waals surface area contributed by atoms with Gasteiger partial charge in [0, 0.05) is 51.3 Å². The molecule has 2 aromatic carbocycles. The Morgan fingerprint density at radius 1 is 0.897 bits per heavy atom. The van der Waals surface area contributed by atoms with Crippen LogP contribution < -0.4 is 5.73 Å². The van der Waals surface area contributed by atoms with Crippen LogP contribution >= 0.6 is 0 Å². The number of aromatic nitrogens is 2. The summed E-state index contributed by atoms with van der Waals surface area (Å²) in [7, 11) is 0. The van der Waals surface area contributed by atoms with Gasteiger partial charge in [-0.05, 0) is 16.7 Å². The highest BCUT2D eigenvalue weighted by Gasteiger charge is 2.19. The van der Waals surface area contributed by atoms with Crippen molar-refractivity contribution in [3.05, 3.63) is 66.4 Å². The van der Waals surface area contributed by atoms with E-state index >= 15 is 0 Å². The van der Waals surface area contributed by atoms with E-state index in [1.54, 1.807) is 0 Å². The monoisotopic (exact) mass is 389 g/mol. The van der Waals surface area contributed by atoms with Crippen LogP contribution in [0.5, 0.6) is 0 Å². The van der Waals surface area contributed by atoms with Crippen LogP contribution in [0.3, 0.4) is 0 Å². The third-order valence-electron chi connectivity index (χ3n) is 5.53. The molecule has 0 radical (unpaired) electrons. The minimum absolute atomic E-state index is 0.228. The normalized spacial score (nSPS) is 15.4. The van der Waals surface area contributed by atoms with Crippen molar-refractivity contribution >= 4 is 5.91 Å². The maximum Gasteiger partial charge on any atom is 0.218 e. The Bertz CT molecular complexity index is 927. The first kappa shape index (κ1) is 19.4. The summed E-state index contributed by atoms with van der Waals surface area (Å²) in [6, 6.07) is 19.0.